The molecule has 8 nitrogen and oxygen atoms in total. The molecule has 128 valence electrons. The number of amides is 2. The van der Waals surface area contributed by atoms with Crippen molar-refractivity contribution in [3.05, 3.63) is 33.9 Å². The second-order valence-corrected chi connectivity index (χ2v) is 6.10. The summed E-state index contributed by atoms with van der Waals surface area (Å²) < 4.78 is 0. The molecule has 2 heterocycles. The van der Waals surface area contributed by atoms with E-state index in [1.54, 1.807) is 21.9 Å². The Hall–Kier alpha value is -2.64. The predicted molar refractivity (Wildman–Crippen MR) is 88.1 cm³/mol. The van der Waals surface area contributed by atoms with Crippen molar-refractivity contribution in [1.29, 1.82) is 0 Å². The van der Waals surface area contributed by atoms with Crippen molar-refractivity contribution < 1.29 is 14.5 Å². The molecule has 2 aliphatic rings. The van der Waals surface area contributed by atoms with Crippen LogP contribution in [0.5, 0.6) is 0 Å². The molecule has 0 N–H and O–H groups in total. The molecule has 2 fully saturated rings. The first kappa shape index (κ1) is 16.2. The van der Waals surface area contributed by atoms with Crippen molar-refractivity contribution in [2.75, 3.05) is 44.2 Å². The van der Waals surface area contributed by atoms with Gasteiger partial charge in [-0.05, 0) is 18.6 Å². The van der Waals surface area contributed by atoms with Gasteiger partial charge in [-0.25, -0.2) is 0 Å². The first-order valence-corrected chi connectivity index (χ1v) is 8.05. The van der Waals surface area contributed by atoms with E-state index in [2.05, 4.69) is 0 Å². The minimum Gasteiger partial charge on any atom is -0.362 e. The molecule has 1 aromatic rings. The molecule has 24 heavy (non-hydrogen) atoms. The van der Waals surface area contributed by atoms with Gasteiger partial charge in [-0.15, -0.1) is 0 Å². The normalized spacial score (nSPS) is 17.5. The number of rotatable bonds is 3. The van der Waals surface area contributed by atoms with Crippen molar-refractivity contribution in [2.24, 2.45) is 0 Å². The summed E-state index contributed by atoms with van der Waals surface area (Å²) in [6.07, 6.45) is 0.979. The van der Waals surface area contributed by atoms with Crippen LogP contribution in [0.4, 0.5) is 11.4 Å². The zero-order valence-electron chi connectivity index (χ0n) is 13.6. The van der Waals surface area contributed by atoms with Crippen molar-refractivity contribution in [3.8, 4) is 0 Å². The molecule has 0 aromatic heterocycles. The molecule has 0 aliphatic carbocycles. The molecule has 0 spiro atoms. The molecule has 2 saturated heterocycles. The molecule has 2 amide bonds. The Bertz CT molecular complexity index is 679. The second kappa shape index (κ2) is 6.46. The Morgan fingerprint density at radius 3 is 2.21 bits per heavy atom. The van der Waals surface area contributed by atoms with Crippen molar-refractivity contribution in [2.45, 2.75) is 13.3 Å². The molecule has 3 rings (SSSR count). The summed E-state index contributed by atoms with van der Waals surface area (Å²) in [5.74, 6) is -0.142. The smallest absolute Gasteiger partial charge is 0.293 e. The highest BCUT2D eigenvalue weighted by Crippen LogP contribution is 2.31. The quantitative estimate of drug-likeness (QED) is 0.611. The van der Waals surface area contributed by atoms with Crippen molar-refractivity contribution >= 4 is 23.2 Å². The van der Waals surface area contributed by atoms with Gasteiger partial charge in [-0.1, -0.05) is 0 Å². The number of piperazine rings is 1. The molecular weight excluding hydrogens is 312 g/mol. The fourth-order valence-electron chi connectivity index (χ4n) is 3.03. The lowest BCUT2D eigenvalue weighted by molar-refractivity contribution is -0.384. The fraction of sp³-hybridized carbons (Fsp3) is 0.500. The minimum atomic E-state index is -0.445. The minimum absolute atomic E-state index is 0.0136. The predicted octanol–water partition coefficient (Wildman–Crippen LogP) is 1.11. The number of nitro benzene ring substituents is 1. The monoisotopic (exact) mass is 332 g/mol. The van der Waals surface area contributed by atoms with Crippen LogP contribution in [0.15, 0.2) is 18.2 Å². The lowest BCUT2D eigenvalue weighted by atomic mass is 10.1. The van der Waals surface area contributed by atoms with Gasteiger partial charge >= 0.3 is 0 Å². The van der Waals surface area contributed by atoms with Gasteiger partial charge in [0.05, 0.1) is 4.92 Å². The van der Waals surface area contributed by atoms with Gasteiger partial charge in [0.2, 0.25) is 5.91 Å². The van der Waals surface area contributed by atoms with E-state index < -0.39 is 4.92 Å². The van der Waals surface area contributed by atoms with Gasteiger partial charge in [-0.3, -0.25) is 19.7 Å². The van der Waals surface area contributed by atoms with Crippen LogP contribution in [0.3, 0.4) is 0 Å². The number of carbonyl (C=O) groups is 2. The average molecular weight is 332 g/mol. The summed E-state index contributed by atoms with van der Waals surface area (Å²) in [5.41, 5.74) is 0.800. The van der Waals surface area contributed by atoms with E-state index in [9.17, 15) is 19.7 Å². The molecule has 0 bridgehead atoms. The first-order valence-electron chi connectivity index (χ1n) is 8.05. The molecule has 0 radical (unpaired) electrons. The van der Waals surface area contributed by atoms with E-state index in [1.807, 2.05) is 4.90 Å². The standard InChI is InChI=1S/C16H20N4O4/c1-12(21)17-7-9-18(10-8-17)14-4-3-13(11-15(14)20(23)24)16(22)19-5-2-6-19/h3-4,11H,2,5-10H2,1H3. The summed E-state index contributed by atoms with van der Waals surface area (Å²) in [7, 11) is 0. The van der Waals surface area contributed by atoms with E-state index >= 15 is 0 Å². The molecular formula is C16H20N4O4. The third-order valence-corrected chi connectivity index (χ3v) is 4.63. The largest absolute Gasteiger partial charge is 0.362 e. The highest BCUT2D eigenvalue weighted by molar-refractivity contribution is 5.96. The van der Waals surface area contributed by atoms with Crippen LogP contribution in [0.2, 0.25) is 0 Å². The Labute approximate surface area is 139 Å². The number of benzene rings is 1. The Kier molecular flexibility index (Phi) is 4.37. The number of likely N-dealkylation sites (tertiary alicyclic amines) is 1. The summed E-state index contributed by atoms with van der Waals surface area (Å²) in [5, 5.41) is 11.5. The average Bonchev–Trinajstić information content (AvgIpc) is 2.52. The zero-order valence-corrected chi connectivity index (χ0v) is 13.6. The lowest BCUT2D eigenvalue weighted by Crippen LogP contribution is -2.48. The van der Waals surface area contributed by atoms with Gasteiger partial charge in [0.25, 0.3) is 11.6 Å². The third kappa shape index (κ3) is 3.04. The van der Waals surface area contributed by atoms with Gasteiger partial charge in [0, 0.05) is 57.8 Å². The van der Waals surface area contributed by atoms with E-state index in [1.165, 1.54) is 13.0 Å². The van der Waals surface area contributed by atoms with Crippen molar-refractivity contribution in [1.82, 2.24) is 9.80 Å². The SMILES string of the molecule is CC(=O)N1CCN(c2ccc(C(=O)N3CCC3)cc2[N+](=O)[O-])CC1. The van der Waals surface area contributed by atoms with Crippen molar-refractivity contribution in [3.63, 3.8) is 0 Å². The maximum Gasteiger partial charge on any atom is 0.293 e. The summed E-state index contributed by atoms with van der Waals surface area (Å²) >= 11 is 0. The maximum atomic E-state index is 12.3. The molecule has 1 aromatic carbocycles. The highest BCUT2D eigenvalue weighted by Gasteiger charge is 2.28. The number of anilines is 1. The van der Waals surface area contributed by atoms with Gasteiger partial charge in [-0.2, -0.15) is 0 Å². The maximum absolute atomic E-state index is 12.3. The van der Waals surface area contributed by atoms with Crippen LogP contribution in [0, 0.1) is 10.1 Å². The summed E-state index contributed by atoms with van der Waals surface area (Å²) in [6, 6.07) is 4.67. The van der Waals surface area contributed by atoms with E-state index in [0.717, 1.165) is 6.42 Å². The molecule has 2 aliphatic heterocycles. The van der Waals surface area contributed by atoms with Crippen LogP contribution in [0.25, 0.3) is 0 Å². The Balaban J connectivity index is 1.81. The van der Waals surface area contributed by atoms with Crippen LogP contribution >= 0.6 is 0 Å². The number of hydrogen-bond donors (Lipinski definition) is 0. The third-order valence-electron chi connectivity index (χ3n) is 4.63. The van der Waals surface area contributed by atoms with Gasteiger partial charge in [0.15, 0.2) is 0 Å². The van der Waals surface area contributed by atoms with Gasteiger partial charge in [0.1, 0.15) is 5.69 Å². The lowest BCUT2D eigenvalue weighted by Gasteiger charge is -2.35. The Morgan fingerprint density at radius 1 is 1.04 bits per heavy atom. The number of nitrogens with zero attached hydrogens (tertiary/aromatic N) is 4. The van der Waals surface area contributed by atoms with E-state index in [0.29, 0.717) is 50.5 Å². The first-order chi connectivity index (χ1) is 11.5. The highest BCUT2D eigenvalue weighted by atomic mass is 16.6. The van der Waals surface area contributed by atoms with Gasteiger partial charge < -0.3 is 14.7 Å². The molecule has 0 unspecified atom stereocenters. The van der Waals surface area contributed by atoms with Crippen LogP contribution in [-0.4, -0.2) is 65.8 Å². The van der Waals surface area contributed by atoms with E-state index in [-0.39, 0.29) is 17.5 Å². The fourth-order valence-corrected chi connectivity index (χ4v) is 3.03. The van der Waals surface area contributed by atoms with E-state index in [4.69, 9.17) is 0 Å². The summed E-state index contributed by atoms with van der Waals surface area (Å²) in [6.45, 7) is 5.11. The molecule has 8 heteroatoms. The zero-order chi connectivity index (χ0) is 17.3. The number of nitro groups is 1. The Morgan fingerprint density at radius 2 is 1.71 bits per heavy atom. The topological polar surface area (TPSA) is 87.0 Å². The molecule has 0 saturated carbocycles. The summed E-state index contributed by atoms with van der Waals surface area (Å²) in [4.78, 5) is 40.0. The number of hydrogen-bond acceptors (Lipinski definition) is 5. The molecule has 0 atom stereocenters. The van der Waals surface area contributed by atoms with Crippen LogP contribution in [0.1, 0.15) is 23.7 Å². The van der Waals surface area contributed by atoms with Crippen LogP contribution < -0.4 is 4.90 Å². The number of carbonyl (C=O) groups excluding carboxylic acids is 2. The second-order valence-electron chi connectivity index (χ2n) is 6.10. The van der Waals surface area contributed by atoms with Crippen LogP contribution in [-0.2, 0) is 4.79 Å².